The second-order valence-electron chi connectivity index (χ2n) is 6.73. The first-order valence-electron chi connectivity index (χ1n) is 10.0. The first-order chi connectivity index (χ1) is 11.6. The Morgan fingerprint density at radius 3 is 1.83 bits per heavy atom. The molecule has 0 bridgehead atoms. The van der Waals surface area contributed by atoms with E-state index in [1.165, 1.54) is 77.0 Å². The highest BCUT2D eigenvalue weighted by molar-refractivity contribution is 14.1. The van der Waals surface area contributed by atoms with Gasteiger partial charge in [0.15, 0.2) is 0 Å². The number of unbranched alkanes of at least 4 members (excludes halogenated alkanes) is 6. The summed E-state index contributed by atoms with van der Waals surface area (Å²) in [7, 11) is 0. The second-order valence-corrected chi connectivity index (χ2v) is 10.3. The molecule has 0 rings (SSSR count). The van der Waals surface area contributed by atoms with E-state index < -0.39 is 0 Å². The van der Waals surface area contributed by atoms with Crippen LogP contribution in [0.4, 0.5) is 0 Å². The Kier molecular flexibility index (Phi) is 19.4. The van der Waals surface area contributed by atoms with Gasteiger partial charge in [-0.1, -0.05) is 103 Å². The van der Waals surface area contributed by atoms with Gasteiger partial charge in [0.05, 0.1) is 6.61 Å². The van der Waals surface area contributed by atoms with Gasteiger partial charge in [-0.25, -0.2) is 0 Å². The van der Waals surface area contributed by atoms with Crippen LogP contribution < -0.4 is 0 Å². The molecule has 0 saturated carbocycles. The fourth-order valence-electron chi connectivity index (χ4n) is 2.86. The van der Waals surface area contributed by atoms with Crippen LogP contribution in [0.5, 0.6) is 0 Å². The van der Waals surface area contributed by atoms with Gasteiger partial charge in [0.25, 0.3) is 0 Å². The Morgan fingerprint density at radius 1 is 0.750 bits per heavy atom. The van der Waals surface area contributed by atoms with Crippen molar-refractivity contribution in [3.05, 3.63) is 0 Å². The molecule has 2 unspecified atom stereocenters. The molecule has 0 aliphatic heterocycles. The van der Waals surface area contributed by atoms with Gasteiger partial charge in [0, 0.05) is 14.3 Å². The lowest BCUT2D eigenvalue weighted by Crippen LogP contribution is -2.03. The van der Waals surface area contributed by atoms with Crippen molar-refractivity contribution in [2.75, 3.05) is 6.61 Å². The Balaban J connectivity index is 3.34. The Hall–Kier alpha value is 0.930. The van der Waals surface area contributed by atoms with Crippen LogP contribution in [-0.2, 0) is 9.53 Å². The summed E-state index contributed by atoms with van der Waals surface area (Å²) in [5.74, 6) is -0.0342. The quantitative estimate of drug-likeness (QED) is 0.0786. The average Bonchev–Trinajstić information content (AvgIpc) is 2.54. The molecule has 0 spiro atoms. The van der Waals surface area contributed by atoms with E-state index in [-0.39, 0.29) is 5.97 Å². The predicted molar refractivity (Wildman–Crippen MR) is 123 cm³/mol. The molecule has 24 heavy (non-hydrogen) atoms. The lowest BCUT2D eigenvalue weighted by molar-refractivity contribution is -0.143. The highest BCUT2D eigenvalue weighted by Crippen LogP contribution is 2.23. The molecule has 0 aromatic heterocycles. The summed E-state index contributed by atoms with van der Waals surface area (Å²) in [5, 5.41) is 0. The van der Waals surface area contributed by atoms with E-state index in [1.807, 2.05) is 6.92 Å². The van der Waals surface area contributed by atoms with Crippen LogP contribution in [0.2, 0.25) is 0 Å². The van der Waals surface area contributed by atoms with Crippen LogP contribution in [0.1, 0.15) is 104 Å². The molecule has 0 amide bonds. The molecule has 0 saturated heterocycles. The van der Waals surface area contributed by atoms with Crippen LogP contribution in [0.25, 0.3) is 0 Å². The smallest absolute Gasteiger partial charge is 0.305 e. The van der Waals surface area contributed by atoms with Crippen LogP contribution in [0.3, 0.4) is 0 Å². The minimum Gasteiger partial charge on any atom is -0.466 e. The van der Waals surface area contributed by atoms with Gasteiger partial charge in [-0.3, -0.25) is 4.79 Å². The molecular formula is C20H38I2O2. The summed E-state index contributed by atoms with van der Waals surface area (Å²) >= 11 is 5.30. The second kappa shape index (κ2) is 18.7. The summed E-state index contributed by atoms with van der Waals surface area (Å²) in [4.78, 5) is 11.2. The number of alkyl halides is 2. The number of hydrogen-bond acceptors (Lipinski definition) is 2. The number of carbonyl (C=O) groups is 1. The van der Waals surface area contributed by atoms with E-state index in [2.05, 4.69) is 52.1 Å². The normalized spacial score (nSPS) is 13.7. The maximum atomic E-state index is 11.2. The van der Waals surface area contributed by atoms with Crippen molar-refractivity contribution in [3.8, 4) is 0 Å². The molecule has 4 heteroatoms. The number of rotatable bonds is 17. The van der Waals surface area contributed by atoms with Crippen LogP contribution in [0, 0.1) is 0 Å². The highest BCUT2D eigenvalue weighted by atomic mass is 127. The molecule has 2 nitrogen and oxygen atoms in total. The van der Waals surface area contributed by atoms with Crippen molar-refractivity contribution in [1.82, 2.24) is 0 Å². The molecule has 0 radical (unpaired) electrons. The third-order valence-electron chi connectivity index (χ3n) is 4.36. The summed E-state index contributed by atoms with van der Waals surface area (Å²) in [6.07, 6.45) is 17.8. The van der Waals surface area contributed by atoms with E-state index >= 15 is 0 Å². The summed E-state index contributed by atoms with van der Waals surface area (Å²) < 4.78 is 6.68. The third-order valence-corrected chi connectivity index (χ3v) is 6.85. The molecule has 144 valence electrons. The van der Waals surface area contributed by atoms with Crippen molar-refractivity contribution in [3.63, 3.8) is 0 Å². The van der Waals surface area contributed by atoms with Crippen molar-refractivity contribution < 1.29 is 9.53 Å². The number of carbonyl (C=O) groups excluding carboxylic acids is 1. The molecule has 2 atom stereocenters. The minimum atomic E-state index is -0.0342. The SMILES string of the molecule is CCCCCC(I)CCCC(I)CCCCCCCC(=O)OCC. The van der Waals surface area contributed by atoms with Crippen LogP contribution in [-0.4, -0.2) is 20.4 Å². The number of esters is 1. The van der Waals surface area contributed by atoms with Crippen molar-refractivity contribution in [2.45, 2.75) is 112 Å². The molecule has 0 aliphatic rings. The van der Waals surface area contributed by atoms with E-state index in [9.17, 15) is 4.79 Å². The fourth-order valence-corrected chi connectivity index (χ4v) is 4.63. The first kappa shape index (κ1) is 24.9. The maximum absolute atomic E-state index is 11.2. The molecule has 0 heterocycles. The third kappa shape index (κ3) is 17.7. The standard InChI is InChI=1S/C20H38I2O2/c1-3-5-9-13-18(21)15-12-16-19(22)14-10-7-6-8-11-17-20(23)24-4-2/h18-19H,3-17H2,1-2H3. The minimum absolute atomic E-state index is 0.0342. The van der Waals surface area contributed by atoms with Gasteiger partial charge < -0.3 is 4.74 Å². The zero-order valence-electron chi connectivity index (χ0n) is 15.8. The zero-order chi connectivity index (χ0) is 18.0. The first-order valence-corrected chi connectivity index (χ1v) is 12.5. The molecule has 0 aromatic carbocycles. The Bertz CT molecular complexity index is 285. The van der Waals surface area contributed by atoms with Crippen LogP contribution >= 0.6 is 45.2 Å². The summed E-state index contributed by atoms with van der Waals surface area (Å²) in [6, 6.07) is 0. The number of hydrogen-bond donors (Lipinski definition) is 0. The van der Waals surface area contributed by atoms with Gasteiger partial charge >= 0.3 is 5.97 Å². The van der Waals surface area contributed by atoms with E-state index in [4.69, 9.17) is 4.74 Å². The number of halogens is 2. The van der Waals surface area contributed by atoms with Crippen LogP contribution in [0.15, 0.2) is 0 Å². The maximum Gasteiger partial charge on any atom is 0.305 e. The topological polar surface area (TPSA) is 26.3 Å². The highest BCUT2D eigenvalue weighted by Gasteiger charge is 2.08. The molecule has 0 aromatic rings. The lowest BCUT2D eigenvalue weighted by Gasteiger charge is -2.12. The van der Waals surface area contributed by atoms with Crippen molar-refractivity contribution >= 4 is 51.2 Å². The fraction of sp³-hybridized carbons (Fsp3) is 0.950. The van der Waals surface area contributed by atoms with E-state index in [0.29, 0.717) is 13.0 Å². The van der Waals surface area contributed by atoms with Crippen molar-refractivity contribution in [2.24, 2.45) is 0 Å². The Labute approximate surface area is 177 Å². The molecule has 0 aliphatic carbocycles. The Morgan fingerprint density at radius 2 is 1.25 bits per heavy atom. The van der Waals surface area contributed by atoms with Crippen molar-refractivity contribution in [1.29, 1.82) is 0 Å². The van der Waals surface area contributed by atoms with Gasteiger partial charge in [-0.15, -0.1) is 0 Å². The van der Waals surface area contributed by atoms with E-state index in [1.54, 1.807) is 0 Å². The van der Waals surface area contributed by atoms with Gasteiger partial charge in [0.1, 0.15) is 0 Å². The average molecular weight is 564 g/mol. The van der Waals surface area contributed by atoms with Gasteiger partial charge in [-0.2, -0.15) is 0 Å². The largest absolute Gasteiger partial charge is 0.466 e. The van der Waals surface area contributed by atoms with E-state index in [0.717, 1.165) is 14.3 Å². The zero-order valence-corrected chi connectivity index (χ0v) is 20.1. The summed E-state index contributed by atoms with van der Waals surface area (Å²) in [5.41, 5.74) is 0. The molecular weight excluding hydrogens is 526 g/mol. The summed E-state index contributed by atoms with van der Waals surface area (Å²) in [6.45, 7) is 4.65. The van der Waals surface area contributed by atoms with Gasteiger partial charge in [0.2, 0.25) is 0 Å². The predicted octanol–water partition coefficient (Wildman–Crippen LogP) is 7.64. The number of ether oxygens (including phenoxy) is 1. The van der Waals surface area contributed by atoms with Gasteiger partial charge in [-0.05, 0) is 39.0 Å². The lowest BCUT2D eigenvalue weighted by atomic mass is 10.0. The molecule has 0 fully saturated rings. The monoisotopic (exact) mass is 564 g/mol. The molecule has 0 N–H and O–H groups in total.